The van der Waals surface area contributed by atoms with E-state index in [0.717, 1.165) is 0 Å². The molecule has 1 fully saturated rings. The molecule has 0 saturated carbocycles. The summed E-state index contributed by atoms with van der Waals surface area (Å²) >= 11 is 0. The fourth-order valence-corrected chi connectivity index (χ4v) is 2.75. The first-order valence-corrected chi connectivity index (χ1v) is 6.95. The topological polar surface area (TPSA) is 91.8 Å². The van der Waals surface area contributed by atoms with Gasteiger partial charge in [0, 0.05) is 18.8 Å². The number of aromatic hydroxyl groups is 1. The van der Waals surface area contributed by atoms with Crippen molar-refractivity contribution in [1.29, 1.82) is 0 Å². The van der Waals surface area contributed by atoms with Gasteiger partial charge in [0.1, 0.15) is 0 Å². The Labute approximate surface area is 106 Å². The zero-order valence-corrected chi connectivity index (χ0v) is 10.8. The first-order valence-electron chi connectivity index (χ1n) is 5.51. The molecule has 0 spiro atoms. The Hall–Kier alpha value is -1.38. The number of aromatic nitrogens is 1. The first-order chi connectivity index (χ1) is 8.49. The van der Waals surface area contributed by atoms with Crippen molar-refractivity contribution in [3.05, 3.63) is 17.8 Å². The molecule has 0 aliphatic carbocycles. The zero-order valence-electron chi connectivity index (χ0n) is 9.96. The molecule has 1 aromatic heterocycles. The van der Waals surface area contributed by atoms with E-state index >= 15 is 0 Å². The van der Waals surface area contributed by atoms with Crippen molar-refractivity contribution in [2.45, 2.75) is 6.92 Å². The largest absolute Gasteiger partial charge is 0.504 e. The fraction of sp³-hybridized carbons (Fsp3) is 0.500. The lowest BCUT2D eigenvalue weighted by Gasteiger charge is -2.26. The van der Waals surface area contributed by atoms with Gasteiger partial charge in [-0.2, -0.15) is 12.7 Å². The summed E-state index contributed by atoms with van der Waals surface area (Å²) in [4.78, 5) is 3.95. The molecule has 0 aromatic carbocycles. The summed E-state index contributed by atoms with van der Waals surface area (Å²) in [6.45, 7) is 3.04. The van der Waals surface area contributed by atoms with Gasteiger partial charge >= 0.3 is 10.2 Å². The maximum atomic E-state index is 12.0. The van der Waals surface area contributed by atoms with Crippen LogP contribution in [-0.2, 0) is 14.9 Å². The van der Waals surface area contributed by atoms with Crippen LogP contribution in [0.5, 0.6) is 5.75 Å². The van der Waals surface area contributed by atoms with Gasteiger partial charge in [0.05, 0.1) is 13.2 Å². The standard InChI is InChI=1S/C10H15N3O4S/c1-8-2-3-9(14)10(11-8)12-18(15,16)13-4-6-17-7-5-13/h2-3,14H,4-7H2,1H3,(H,11,12). The molecule has 0 bridgehead atoms. The SMILES string of the molecule is Cc1ccc(O)c(NS(=O)(=O)N2CCOCC2)n1. The minimum Gasteiger partial charge on any atom is -0.504 e. The highest BCUT2D eigenvalue weighted by molar-refractivity contribution is 7.90. The summed E-state index contributed by atoms with van der Waals surface area (Å²) < 4.78 is 32.7. The van der Waals surface area contributed by atoms with E-state index < -0.39 is 10.2 Å². The van der Waals surface area contributed by atoms with Crippen molar-refractivity contribution in [2.24, 2.45) is 0 Å². The van der Waals surface area contributed by atoms with Gasteiger partial charge < -0.3 is 9.84 Å². The Morgan fingerprint density at radius 1 is 1.39 bits per heavy atom. The summed E-state index contributed by atoms with van der Waals surface area (Å²) in [6.07, 6.45) is 0. The van der Waals surface area contributed by atoms with Crippen LogP contribution < -0.4 is 4.72 Å². The maximum absolute atomic E-state index is 12.0. The van der Waals surface area contributed by atoms with Gasteiger partial charge in [0.15, 0.2) is 11.6 Å². The molecule has 8 heteroatoms. The lowest BCUT2D eigenvalue weighted by atomic mass is 10.3. The van der Waals surface area contributed by atoms with Gasteiger partial charge in [-0.15, -0.1) is 0 Å². The van der Waals surface area contributed by atoms with Gasteiger partial charge in [0.2, 0.25) is 0 Å². The molecule has 1 aliphatic heterocycles. The van der Waals surface area contributed by atoms with E-state index in [2.05, 4.69) is 9.71 Å². The van der Waals surface area contributed by atoms with Crippen LogP contribution >= 0.6 is 0 Å². The average molecular weight is 273 g/mol. The lowest BCUT2D eigenvalue weighted by Crippen LogP contribution is -2.43. The van der Waals surface area contributed by atoms with E-state index in [1.807, 2.05) is 0 Å². The van der Waals surface area contributed by atoms with Crippen molar-refractivity contribution >= 4 is 16.0 Å². The zero-order chi connectivity index (χ0) is 13.2. The first kappa shape index (κ1) is 13.1. The summed E-state index contributed by atoms with van der Waals surface area (Å²) in [7, 11) is -3.69. The van der Waals surface area contributed by atoms with E-state index in [9.17, 15) is 13.5 Å². The van der Waals surface area contributed by atoms with Crippen molar-refractivity contribution in [2.75, 3.05) is 31.0 Å². The summed E-state index contributed by atoms with van der Waals surface area (Å²) in [5.74, 6) is -0.251. The minimum atomic E-state index is -3.69. The molecule has 1 aromatic rings. The van der Waals surface area contributed by atoms with Crippen molar-refractivity contribution < 1.29 is 18.3 Å². The summed E-state index contributed by atoms with van der Waals surface area (Å²) in [5, 5.41) is 9.56. The predicted molar refractivity (Wildman–Crippen MR) is 65.6 cm³/mol. The fourth-order valence-electron chi connectivity index (χ4n) is 1.60. The molecule has 100 valence electrons. The molecule has 2 rings (SSSR count). The molecule has 18 heavy (non-hydrogen) atoms. The normalized spacial score (nSPS) is 17.6. The number of hydrogen-bond acceptors (Lipinski definition) is 5. The molecule has 0 amide bonds. The highest BCUT2D eigenvalue weighted by Gasteiger charge is 2.25. The van der Waals surface area contributed by atoms with Gasteiger partial charge in [-0.1, -0.05) is 0 Å². The van der Waals surface area contributed by atoms with Gasteiger partial charge in [-0.25, -0.2) is 4.98 Å². The third kappa shape index (κ3) is 2.89. The van der Waals surface area contributed by atoms with Crippen LogP contribution in [0.1, 0.15) is 5.69 Å². The molecule has 0 unspecified atom stereocenters. The summed E-state index contributed by atoms with van der Waals surface area (Å²) in [5.41, 5.74) is 0.618. The summed E-state index contributed by atoms with van der Waals surface area (Å²) in [6, 6.07) is 3.00. The average Bonchev–Trinajstić information content (AvgIpc) is 2.35. The number of nitrogens with one attached hydrogen (secondary N) is 1. The number of anilines is 1. The van der Waals surface area contributed by atoms with Crippen LogP contribution in [0.25, 0.3) is 0 Å². The smallest absolute Gasteiger partial charge is 0.303 e. The van der Waals surface area contributed by atoms with E-state index in [-0.39, 0.29) is 11.6 Å². The maximum Gasteiger partial charge on any atom is 0.303 e. The monoisotopic (exact) mass is 273 g/mol. The molecule has 1 saturated heterocycles. The Kier molecular flexibility index (Phi) is 3.69. The number of hydrogen-bond donors (Lipinski definition) is 2. The third-order valence-corrected chi connectivity index (χ3v) is 4.05. The van der Waals surface area contributed by atoms with Crippen LogP contribution in [0, 0.1) is 6.92 Å². The van der Waals surface area contributed by atoms with Gasteiger partial charge in [-0.3, -0.25) is 4.72 Å². The Bertz CT molecular complexity index is 526. The second-order valence-corrected chi connectivity index (χ2v) is 5.61. The highest BCUT2D eigenvalue weighted by atomic mass is 32.2. The van der Waals surface area contributed by atoms with Crippen molar-refractivity contribution in [3.8, 4) is 5.75 Å². The molecule has 7 nitrogen and oxygen atoms in total. The number of aryl methyl sites for hydroxylation is 1. The van der Waals surface area contributed by atoms with Gasteiger partial charge in [-0.05, 0) is 19.1 Å². The van der Waals surface area contributed by atoms with E-state index in [1.54, 1.807) is 13.0 Å². The van der Waals surface area contributed by atoms with E-state index in [1.165, 1.54) is 10.4 Å². The van der Waals surface area contributed by atoms with E-state index in [4.69, 9.17) is 4.74 Å². The van der Waals surface area contributed by atoms with Crippen molar-refractivity contribution in [3.63, 3.8) is 0 Å². The van der Waals surface area contributed by atoms with Crippen LogP contribution in [0.15, 0.2) is 12.1 Å². The molecular formula is C10H15N3O4S. The number of pyridine rings is 1. The second-order valence-electron chi connectivity index (χ2n) is 3.94. The predicted octanol–water partition coefficient (Wildman–Crippen LogP) is 0.0845. The Morgan fingerprint density at radius 3 is 2.72 bits per heavy atom. The molecule has 1 aliphatic rings. The quantitative estimate of drug-likeness (QED) is 0.814. The number of nitrogens with zero attached hydrogens (tertiary/aromatic N) is 2. The number of ether oxygens (including phenoxy) is 1. The number of morpholine rings is 1. The molecule has 0 atom stereocenters. The number of rotatable bonds is 3. The van der Waals surface area contributed by atoms with Crippen LogP contribution in [-0.4, -0.2) is 49.1 Å². The lowest BCUT2D eigenvalue weighted by molar-refractivity contribution is 0.0733. The van der Waals surface area contributed by atoms with Crippen molar-refractivity contribution in [1.82, 2.24) is 9.29 Å². The van der Waals surface area contributed by atoms with Crippen LogP contribution in [0.2, 0.25) is 0 Å². The molecule has 0 radical (unpaired) electrons. The van der Waals surface area contributed by atoms with E-state index in [0.29, 0.717) is 32.0 Å². The highest BCUT2D eigenvalue weighted by Crippen LogP contribution is 2.22. The Morgan fingerprint density at radius 2 is 2.06 bits per heavy atom. The second kappa shape index (κ2) is 5.09. The van der Waals surface area contributed by atoms with Gasteiger partial charge in [0.25, 0.3) is 0 Å². The Balaban J connectivity index is 2.18. The van der Waals surface area contributed by atoms with Crippen LogP contribution in [0.3, 0.4) is 0 Å². The molecular weight excluding hydrogens is 258 g/mol. The molecule has 2 heterocycles. The minimum absolute atomic E-state index is 0.0542. The van der Waals surface area contributed by atoms with Crippen LogP contribution in [0.4, 0.5) is 5.82 Å². The third-order valence-electron chi connectivity index (χ3n) is 2.55. The molecule has 2 N–H and O–H groups in total.